The van der Waals surface area contributed by atoms with Crippen molar-refractivity contribution in [2.45, 2.75) is 30.9 Å². The Morgan fingerprint density at radius 2 is 1.79 bits per heavy atom. The number of benzene rings is 2. The van der Waals surface area contributed by atoms with E-state index in [1.807, 2.05) is 31.2 Å². The predicted molar refractivity (Wildman–Crippen MR) is 139 cm³/mol. The van der Waals surface area contributed by atoms with Gasteiger partial charge in [-0.1, -0.05) is 35.9 Å². The summed E-state index contributed by atoms with van der Waals surface area (Å²) >= 11 is 0. The molecule has 0 saturated heterocycles. The molecule has 0 bridgehead atoms. The third-order valence-corrected chi connectivity index (χ3v) is 8.40. The zero-order chi connectivity index (χ0) is 28.0. The van der Waals surface area contributed by atoms with Crippen LogP contribution in [-0.2, 0) is 14.4 Å². The second kappa shape index (κ2) is 8.23. The summed E-state index contributed by atoms with van der Waals surface area (Å²) in [6.45, 7) is 1.92. The van der Waals surface area contributed by atoms with E-state index in [1.165, 1.54) is 6.20 Å². The number of carbonyl (C=O) groups excluding carboxylic acids is 3. The average molecular weight is 528 g/mol. The number of Topliss-reactive ketones (excluding diaryl/α,β-unsaturated/α-hetero) is 2. The number of ketones is 2. The van der Waals surface area contributed by atoms with Crippen LogP contribution in [0.15, 0.2) is 65.6 Å². The average Bonchev–Trinajstić information content (AvgIpc) is 2.90. The van der Waals surface area contributed by atoms with Gasteiger partial charge in [0.15, 0.2) is 17.1 Å². The maximum absolute atomic E-state index is 14.1. The van der Waals surface area contributed by atoms with Gasteiger partial charge in [0.2, 0.25) is 5.78 Å². The number of rotatable bonds is 2. The fourth-order valence-corrected chi connectivity index (χ4v) is 6.53. The number of fused-ring (bicyclic) bond motifs is 4. The maximum atomic E-state index is 14.1. The van der Waals surface area contributed by atoms with Crippen LogP contribution in [0, 0.1) is 18.8 Å². The summed E-state index contributed by atoms with van der Waals surface area (Å²) in [6, 6.07) is 11.3. The highest BCUT2D eigenvalue weighted by molar-refractivity contribution is 6.24. The lowest BCUT2D eigenvalue weighted by atomic mass is 9.55. The van der Waals surface area contributed by atoms with Gasteiger partial charge in [-0.15, -0.1) is 0 Å². The zero-order valence-corrected chi connectivity index (χ0v) is 20.8. The second-order valence-electron chi connectivity index (χ2n) is 10.4. The van der Waals surface area contributed by atoms with Crippen LogP contribution in [0.3, 0.4) is 0 Å². The Morgan fingerprint density at radius 3 is 2.46 bits per heavy atom. The molecular formula is C29H25N3O7. The number of aromatic nitrogens is 1. The number of aliphatic hydroxyl groups is 3. The molecule has 6 rings (SSSR count). The van der Waals surface area contributed by atoms with Crippen LogP contribution in [0.1, 0.15) is 34.6 Å². The van der Waals surface area contributed by atoms with Crippen molar-refractivity contribution in [1.82, 2.24) is 4.98 Å². The normalized spacial score (nSPS) is 28.3. The molecule has 3 aliphatic rings. The third kappa shape index (κ3) is 3.15. The van der Waals surface area contributed by atoms with Gasteiger partial charge in [0.1, 0.15) is 22.6 Å². The van der Waals surface area contributed by atoms with E-state index in [0.717, 1.165) is 11.1 Å². The molecule has 10 nitrogen and oxygen atoms in total. The van der Waals surface area contributed by atoms with Gasteiger partial charge in [-0.05, 0) is 36.6 Å². The van der Waals surface area contributed by atoms with Gasteiger partial charge < -0.3 is 31.9 Å². The number of carbonyl (C=O) groups is 3. The van der Waals surface area contributed by atoms with Crippen molar-refractivity contribution in [3.8, 4) is 5.75 Å². The molecule has 1 aromatic heterocycles. The molecule has 0 spiro atoms. The number of phenols is 1. The summed E-state index contributed by atoms with van der Waals surface area (Å²) in [7, 11) is 0. The molecule has 3 aliphatic carbocycles. The van der Waals surface area contributed by atoms with Gasteiger partial charge in [0, 0.05) is 34.9 Å². The molecule has 1 amide bonds. The molecular weight excluding hydrogens is 502 g/mol. The van der Waals surface area contributed by atoms with Crippen LogP contribution in [0.4, 0.5) is 0 Å². The number of pyridine rings is 1. The van der Waals surface area contributed by atoms with Gasteiger partial charge in [0.05, 0.1) is 11.6 Å². The molecule has 0 unspecified atom stereocenters. The summed E-state index contributed by atoms with van der Waals surface area (Å²) < 4.78 is 0. The van der Waals surface area contributed by atoms with Gasteiger partial charge in [0.25, 0.3) is 5.91 Å². The fraction of sp³-hybridized carbons (Fsp3) is 0.241. The van der Waals surface area contributed by atoms with Crippen LogP contribution in [-0.4, -0.2) is 54.5 Å². The zero-order valence-electron chi connectivity index (χ0n) is 20.8. The molecule has 10 heteroatoms. The molecule has 5 atom stereocenters. The molecule has 1 saturated carbocycles. The number of hydrogen-bond donors (Lipinski definition) is 6. The van der Waals surface area contributed by atoms with Crippen molar-refractivity contribution in [2.24, 2.45) is 23.3 Å². The van der Waals surface area contributed by atoms with Gasteiger partial charge in [-0.2, -0.15) is 0 Å². The van der Waals surface area contributed by atoms with E-state index in [1.54, 1.807) is 18.2 Å². The van der Waals surface area contributed by atoms with Gasteiger partial charge in [-0.25, -0.2) is 0 Å². The van der Waals surface area contributed by atoms with E-state index in [9.17, 15) is 34.8 Å². The first-order chi connectivity index (χ1) is 18.5. The Kier molecular flexibility index (Phi) is 5.23. The van der Waals surface area contributed by atoms with Crippen LogP contribution < -0.4 is 11.5 Å². The topological polar surface area (TPSA) is 197 Å². The first kappa shape index (κ1) is 24.8. The monoisotopic (exact) mass is 527 g/mol. The minimum atomic E-state index is -2.78. The molecule has 1 heterocycles. The van der Waals surface area contributed by atoms with Crippen molar-refractivity contribution in [3.05, 3.63) is 87.8 Å². The van der Waals surface area contributed by atoms with Crippen LogP contribution in [0.25, 0.3) is 16.7 Å². The quantitative estimate of drug-likeness (QED) is 0.269. The van der Waals surface area contributed by atoms with Gasteiger partial charge >= 0.3 is 0 Å². The lowest BCUT2D eigenvalue weighted by Gasteiger charge is -2.50. The highest BCUT2D eigenvalue weighted by Crippen LogP contribution is 2.57. The first-order valence-corrected chi connectivity index (χ1v) is 12.4. The number of amides is 1. The van der Waals surface area contributed by atoms with Crippen LogP contribution in [0.5, 0.6) is 5.75 Å². The van der Waals surface area contributed by atoms with Crippen molar-refractivity contribution >= 4 is 34.1 Å². The third-order valence-electron chi connectivity index (χ3n) is 8.40. The molecule has 0 radical (unpaired) electrons. The number of primary amides is 1. The van der Waals surface area contributed by atoms with E-state index in [-0.39, 0.29) is 28.8 Å². The molecule has 3 aromatic rings. The lowest BCUT2D eigenvalue weighted by molar-refractivity contribution is -0.149. The number of phenolic OH excluding ortho intramolecular Hbond substituents is 1. The van der Waals surface area contributed by atoms with E-state index < -0.39 is 64.0 Å². The number of aryl methyl sites for hydroxylation is 1. The maximum Gasteiger partial charge on any atom is 0.255 e. The molecule has 8 N–H and O–H groups in total. The summed E-state index contributed by atoms with van der Waals surface area (Å²) in [6.07, 6.45) is 1.38. The van der Waals surface area contributed by atoms with E-state index in [4.69, 9.17) is 11.5 Å². The van der Waals surface area contributed by atoms with Crippen LogP contribution >= 0.6 is 0 Å². The largest absolute Gasteiger partial charge is 0.508 e. The van der Waals surface area contributed by atoms with E-state index in [0.29, 0.717) is 10.9 Å². The molecule has 0 aliphatic heterocycles. The summed E-state index contributed by atoms with van der Waals surface area (Å²) in [4.78, 5) is 43.2. The minimum absolute atomic E-state index is 0.0248. The number of aromatic hydroxyl groups is 1. The Hall–Kier alpha value is -4.54. The summed E-state index contributed by atoms with van der Waals surface area (Å²) in [5, 5.41) is 46.0. The smallest absolute Gasteiger partial charge is 0.255 e. The Bertz CT molecular complexity index is 1690. The van der Waals surface area contributed by atoms with E-state index in [2.05, 4.69) is 4.98 Å². The summed E-state index contributed by atoms with van der Waals surface area (Å²) in [5.74, 6) is -8.27. The Labute approximate surface area is 221 Å². The second-order valence-corrected chi connectivity index (χ2v) is 10.4. The number of nitrogens with zero attached hydrogens (tertiary/aromatic N) is 1. The van der Waals surface area contributed by atoms with Crippen molar-refractivity contribution in [1.29, 1.82) is 0 Å². The lowest BCUT2D eigenvalue weighted by Crippen LogP contribution is -2.65. The number of aliphatic hydroxyl groups excluding tert-OH is 2. The highest BCUT2D eigenvalue weighted by atomic mass is 16.3. The number of hydrogen-bond acceptors (Lipinski definition) is 9. The number of nitrogens with two attached hydrogens (primary N) is 2. The molecule has 39 heavy (non-hydrogen) atoms. The first-order valence-electron chi connectivity index (χ1n) is 12.4. The SMILES string of the molecule is Cc1ccc([C@H]2c3cc4cccnc4c(O)c3C(O)=C3C(=O)[C@]4(O)C(O)=C(C(N)=O)C(=O)[C@@H](N)[C@@H]4C[C@@H]32)cc1. The van der Waals surface area contributed by atoms with Crippen molar-refractivity contribution < 1.29 is 34.8 Å². The summed E-state index contributed by atoms with van der Waals surface area (Å²) in [5.41, 5.74) is 9.93. The molecule has 1 fully saturated rings. The van der Waals surface area contributed by atoms with Gasteiger partial charge in [-0.3, -0.25) is 19.4 Å². The standard InChI is InChI=1S/C29H25N3O7/c1-11-4-6-12(7-5-11)17-14-9-13-3-2-8-32-22(13)25(35)18(14)23(33)19-15(17)10-16-21(30)24(34)20(28(31)38)27(37)29(16,39)26(19)36/h2-9,15-17,21,33,35,37,39H,10,30H2,1H3,(H2,31,38)/t15-,16+,17+,21+,29+/m1/s1. The Morgan fingerprint density at radius 1 is 1.10 bits per heavy atom. The molecule has 198 valence electrons. The Balaban J connectivity index is 1.68. The van der Waals surface area contributed by atoms with Crippen LogP contribution in [0.2, 0.25) is 0 Å². The predicted octanol–water partition coefficient (Wildman–Crippen LogP) is 1.81. The molecule has 2 aromatic carbocycles. The fourth-order valence-electron chi connectivity index (χ4n) is 6.53. The van der Waals surface area contributed by atoms with Crippen molar-refractivity contribution in [3.63, 3.8) is 0 Å². The highest BCUT2D eigenvalue weighted by Gasteiger charge is 2.64. The van der Waals surface area contributed by atoms with Crippen molar-refractivity contribution in [2.75, 3.05) is 0 Å². The van der Waals surface area contributed by atoms with E-state index >= 15 is 0 Å². The minimum Gasteiger partial charge on any atom is -0.508 e.